The second-order valence-corrected chi connectivity index (χ2v) is 7.50. The van der Waals surface area contributed by atoms with Gasteiger partial charge in [-0.15, -0.1) is 0 Å². The van der Waals surface area contributed by atoms with Crippen molar-refractivity contribution in [1.82, 2.24) is 20.2 Å². The van der Waals surface area contributed by atoms with E-state index in [0.717, 1.165) is 11.1 Å². The van der Waals surface area contributed by atoms with Crippen molar-refractivity contribution in [3.63, 3.8) is 0 Å². The summed E-state index contributed by atoms with van der Waals surface area (Å²) in [5.74, 6) is 1.08. The molecule has 1 N–H and O–H groups in total. The van der Waals surface area contributed by atoms with Gasteiger partial charge >= 0.3 is 5.97 Å². The van der Waals surface area contributed by atoms with E-state index >= 15 is 0 Å². The van der Waals surface area contributed by atoms with Crippen LogP contribution in [0.25, 0.3) is 0 Å². The van der Waals surface area contributed by atoms with E-state index in [0.29, 0.717) is 40.3 Å². The number of tetrazole rings is 1. The molecule has 2 aromatic carbocycles. The van der Waals surface area contributed by atoms with Crippen LogP contribution in [0.1, 0.15) is 31.0 Å². The first-order valence-electron chi connectivity index (χ1n) is 9.99. The minimum absolute atomic E-state index is 0.256. The molecular formula is C22H22ClN5O4. The number of nitrogens with zero attached hydrogens (tertiary/aromatic N) is 4. The molecule has 32 heavy (non-hydrogen) atoms. The second kappa shape index (κ2) is 9.27. The monoisotopic (exact) mass is 455 g/mol. The molecular weight excluding hydrogens is 434 g/mol. The Hall–Kier alpha value is -3.59. The molecule has 0 bridgehead atoms. The number of hydrogen-bond acceptors (Lipinski definition) is 8. The number of ether oxygens (including phenoxy) is 3. The number of methoxy groups -OCH3 is 1. The lowest BCUT2D eigenvalue weighted by atomic mass is 9.95. The van der Waals surface area contributed by atoms with Gasteiger partial charge in [-0.2, -0.15) is 4.68 Å². The number of nitrogens with one attached hydrogen (secondary N) is 1. The molecule has 0 aliphatic carbocycles. The maximum Gasteiger partial charge on any atom is 0.338 e. The standard InChI is InChI=1S/C22H22ClN5O4/c1-4-31-21(29)19-13(2)24-22-25-26-27-28(22)20(19)15-7-10-17(18(11-15)30-3)32-12-14-5-8-16(23)9-6-14/h5-11,20H,4,12H2,1-3H3,(H,24,25,27)/t20-/m1/s1. The van der Waals surface area contributed by atoms with Crippen LogP contribution in [0.3, 0.4) is 0 Å². The predicted molar refractivity (Wildman–Crippen MR) is 118 cm³/mol. The molecule has 1 aliphatic rings. The fourth-order valence-electron chi connectivity index (χ4n) is 3.51. The van der Waals surface area contributed by atoms with Gasteiger partial charge in [0.15, 0.2) is 11.5 Å². The Morgan fingerprint density at radius 2 is 1.97 bits per heavy atom. The van der Waals surface area contributed by atoms with E-state index < -0.39 is 12.0 Å². The third kappa shape index (κ3) is 4.24. The molecule has 4 rings (SSSR count). The van der Waals surface area contributed by atoms with Crippen molar-refractivity contribution in [2.24, 2.45) is 0 Å². The van der Waals surface area contributed by atoms with Crippen LogP contribution < -0.4 is 14.8 Å². The summed E-state index contributed by atoms with van der Waals surface area (Å²) >= 11 is 5.94. The van der Waals surface area contributed by atoms with E-state index in [4.69, 9.17) is 25.8 Å². The van der Waals surface area contributed by atoms with Gasteiger partial charge in [-0.1, -0.05) is 34.9 Å². The lowest BCUT2D eigenvalue weighted by molar-refractivity contribution is -0.139. The van der Waals surface area contributed by atoms with Crippen molar-refractivity contribution in [2.75, 3.05) is 19.0 Å². The molecule has 0 radical (unpaired) electrons. The number of halogens is 1. The number of benzene rings is 2. The van der Waals surface area contributed by atoms with Gasteiger partial charge in [0.1, 0.15) is 12.6 Å². The number of rotatable bonds is 7. The van der Waals surface area contributed by atoms with E-state index in [1.807, 2.05) is 36.4 Å². The zero-order chi connectivity index (χ0) is 22.7. The highest BCUT2D eigenvalue weighted by Gasteiger charge is 2.35. The van der Waals surface area contributed by atoms with Crippen LogP contribution in [0.4, 0.5) is 5.95 Å². The van der Waals surface area contributed by atoms with Crippen LogP contribution >= 0.6 is 11.6 Å². The third-order valence-electron chi connectivity index (χ3n) is 5.02. The Bertz CT molecular complexity index is 1160. The SMILES string of the molecule is CCOC(=O)C1=C(C)Nc2nnnn2[C@@H]1c1ccc(OCc2ccc(Cl)cc2)c(OC)c1. The molecule has 2 heterocycles. The average molecular weight is 456 g/mol. The summed E-state index contributed by atoms with van der Waals surface area (Å²) in [4.78, 5) is 12.8. The van der Waals surface area contributed by atoms with E-state index in [1.165, 1.54) is 0 Å². The maximum absolute atomic E-state index is 12.8. The van der Waals surface area contributed by atoms with Crippen LogP contribution in [-0.2, 0) is 16.1 Å². The smallest absolute Gasteiger partial charge is 0.338 e. The Morgan fingerprint density at radius 3 is 2.69 bits per heavy atom. The van der Waals surface area contributed by atoms with Crippen LogP contribution in [0.15, 0.2) is 53.7 Å². The van der Waals surface area contributed by atoms with Gasteiger partial charge in [0.05, 0.1) is 19.3 Å². The molecule has 166 valence electrons. The van der Waals surface area contributed by atoms with Gasteiger partial charge in [-0.05, 0) is 59.7 Å². The number of esters is 1. The first kappa shape index (κ1) is 21.6. The summed E-state index contributed by atoms with van der Waals surface area (Å²) in [5.41, 5.74) is 2.76. The number of fused-ring (bicyclic) bond motifs is 1. The van der Waals surface area contributed by atoms with Crippen molar-refractivity contribution in [1.29, 1.82) is 0 Å². The molecule has 3 aromatic rings. The fourth-order valence-corrected chi connectivity index (χ4v) is 3.63. The minimum Gasteiger partial charge on any atom is -0.493 e. The number of anilines is 1. The van der Waals surface area contributed by atoms with Crippen molar-refractivity contribution in [2.45, 2.75) is 26.5 Å². The Balaban J connectivity index is 1.67. The molecule has 0 spiro atoms. The predicted octanol–water partition coefficient (Wildman–Crippen LogP) is 3.77. The summed E-state index contributed by atoms with van der Waals surface area (Å²) in [5, 5.41) is 15.5. The molecule has 9 nitrogen and oxygen atoms in total. The van der Waals surface area contributed by atoms with Crippen LogP contribution in [0.2, 0.25) is 5.02 Å². The number of aromatic nitrogens is 4. The highest BCUT2D eigenvalue weighted by molar-refractivity contribution is 6.30. The van der Waals surface area contributed by atoms with E-state index in [-0.39, 0.29) is 6.61 Å². The first-order chi connectivity index (χ1) is 15.5. The Labute approximate surface area is 189 Å². The van der Waals surface area contributed by atoms with Crippen LogP contribution in [0, 0.1) is 0 Å². The van der Waals surface area contributed by atoms with Gasteiger partial charge in [0.2, 0.25) is 5.95 Å². The normalized spacial score (nSPS) is 15.1. The van der Waals surface area contributed by atoms with Crippen molar-refractivity contribution >= 4 is 23.5 Å². The average Bonchev–Trinajstić information content (AvgIpc) is 3.25. The van der Waals surface area contributed by atoms with E-state index in [2.05, 4.69) is 20.8 Å². The molecule has 1 aromatic heterocycles. The summed E-state index contributed by atoms with van der Waals surface area (Å²) in [6, 6.07) is 12.3. The van der Waals surface area contributed by atoms with Crippen molar-refractivity contribution < 1.29 is 19.0 Å². The fraction of sp³-hybridized carbons (Fsp3) is 0.273. The second-order valence-electron chi connectivity index (χ2n) is 7.06. The summed E-state index contributed by atoms with van der Waals surface area (Å²) in [6.45, 7) is 4.16. The quantitative estimate of drug-likeness (QED) is 0.537. The van der Waals surface area contributed by atoms with Gasteiger partial charge in [0.25, 0.3) is 0 Å². The number of carbonyl (C=O) groups excluding carboxylic acids is 1. The van der Waals surface area contributed by atoms with E-state index in [9.17, 15) is 4.79 Å². The molecule has 10 heteroatoms. The van der Waals surface area contributed by atoms with Gasteiger partial charge in [0, 0.05) is 10.7 Å². The van der Waals surface area contributed by atoms with Crippen LogP contribution in [0.5, 0.6) is 11.5 Å². The van der Waals surface area contributed by atoms with Crippen LogP contribution in [-0.4, -0.2) is 39.9 Å². The minimum atomic E-state index is -0.584. The first-order valence-corrected chi connectivity index (χ1v) is 10.4. The lowest BCUT2D eigenvalue weighted by Gasteiger charge is -2.27. The maximum atomic E-state index is 12.8. The molecule has 1 aliphatic heterocycles. The summed E-state index contributed by atoms with van der Waals surface area (Å²) in [6.07, 6.45) is 0. The topological polar surface area (TPSA) is 100 Å². The molecule has 1 atom stereocenters. The molecule has 0 amide bonds. The largest absolute Gasteiger partial charge is 0.493 e. The highest BCUT2D eigenvalue weighted by Crippen LogP contribution is 2.38. The number of carbonyl (C=O) groups is 1. The zero-order valence-corrected chi connectivity index (χ0v) is 18.6. The Morgan fingerprint density at radius 1 is 1.19 bits per heavy atom. The molecule has 0 saturated carbocycles. The summed E-state index contributed by atoms with van der Waals surface area (Å²) in [7, 11) is 1.56. The van der Waals surface area contributed by atoms with Gasteiger partial charge < -0.3 is 19.5 Å². The highest BCUT2D eigenvalue weighted by atomic mass is 35.5. The summed E-state index contributed by atoms with van der Waals surface area (Å²) < 4.78 is 18.4. The number of hydrogen-bond donors (Lipinski definition) is 1. The zero-order valence-electron chi connectivity index (χ0n) is 17.8. The third-order valence-corrected chi connectivity index (χ3v) is 5.27. The lowest BCUT2D eigenvalue weighted by Crippen LogP contribution is -2.29. The van der Waals surface area contributed by atoms with Crippen molar-refractivity contribution in [3.8, 4) is 11.5 Å². The molecule has 0 fully saturated rings. The molecule has 0 unspecified atom stereocenters. The Kier molecular flexibility index (Phi) is 6.27. The van der Waals surface area contributed by atoms with E-state index in [1.54, 1.807) is 31.7 Å². The number of allylic oxidation sites excluding steroid dienone is 1. The van der Waals surface area contributed by atoms with Gasteiger partial charge in [-0.3, -0.25) is 0 Å². The molecule has 0 saturated heterocycles. The van der Waals surface area contributed by atoms with Crippen molar-refractivity contribution in [3.05, 3.63) is 69.9 Å². The van der Waals surface area contributed by atoms with Gasteiger partial charge in [-0.25, -0.2) is 4.79 Å².